The van der Waals surface area contributed by atoms with Crippen LogP contribution in [-0.4, -0.2) is 34.9 Å². The molecular formula is C17H14F3N3O3S. The second-order valence-corrected chi connectivity index (χ2v) is 7.51. The van der Waals surface area contributed by atoms with E-state index in [2.05, 4.69) is 19.4 Å². The Morgan fingerprint density at radius 2 is 1.93 bits per heavy atom. The molecule has 0 radical (unpaired) electrons. The van der Waals surface area contributed by atoms with Crippen LogP contribution in [0.3, 0.4) is 0 Å². The fourth-order valence-electron chi connectivity index (χ4n) is 2.85. The van der Waals surface area contributed by atoms with Crippen molar-refractivity contribution in [1.82, 2.24) is 9.97 Å². The molecule has 2 aromatic carbocycles. The Morgan fingerprint density at radius 3 is 2.63 bits per heavy atom. The van der Waals surface area contributed by atoms with Crippen LogP contribution in [-0.2, 0) is 16.9 Å². The SMILES string of the molecule is CN(C)c1cccc(F)c1C[S+]([O-])c1nc2cc3c(cc2[nH]1)OC(F)(F)O3. The lowest BCUT2D eigenvalue weighted by molar-refractivity contribution is -0.286. The van der Waals surface area contributed by atoms with Crippen LogP contribution in [0.25, 0.3) is 11.0 Å². The summed E-state index contributed by atoms with van der Waals surface area (Å²) in [7, 11) is 3.53. The zero-order valence-electron chi connectivity index (χ0n) is 14.3. The summed E-state index contributed by atoms with van der Waals surface area (Å²) in [5.41, 5.74) is 1.57. The maximum atomic E-state index is 14.2. The first-order chi connectivity index (χ1) is 12.7. The number of aromatic amines is 1. The summed E-state index contributed by atoms with van der Waals surface area (Å²) >= 11 is -1.68. The van der Waals surface area contributed by atoms with Gasteiger partial charge >= 0.3 is 11.5 Å². The number of ether oxygens (including phenoxy) is 2. The van der Waals surface area contributed by atoms with Gasteiger partial charge in [0.15, 0.2) is 11.5 Å². The lowest BCUT2D eigenvalue weighted by Gasteiger charge is -2.18. The molecule has 3 aromatic rings. The minimum absolute atomic E-state index is 0.0925. The first-order valence-corrected chi connectivity index (χ1v) is 9.18. The van der Waals surface area contributed by atoms with E-state index < -0.39 is 23.3 Å². The highest BCUT2D eigenvalue weighted by Crippen LogP contribution is 2.43. The average Bonchev–Trinajstić information content (AvgIpc) is 3.11. The predicted molar refractivity (Wildman–Crippen MR) is 93.1 cm³/mol. The lowest BCUT2D eigenvalue weighted by Crippen LogP contribution is -2.25. The summed E-state index contributed by atoms with van der Waals surface area (Å²) in [6, 6.07) is 7.19. The molecule has 1 unspecified atom stereocenters. The molecule has 27 heavy (non-hydrogen) atoms. The molecule has 1 N–H and O–H groups in total. The largest absolute Gasteiger partial charge is 0.609 e. The van der Waals surface area contributed by atoms with Crippen LogP contribution < -0.4 is 14.4 Å². The van der Waals surface area contributed by atoms with E-state index in [1.165, 1.54) is 18.2 Å². The van der Waals surface area contributed by atoms with Gasteiger partial charge in [-0.2, -0.15) is 4.98 Å². The zero-order valence-corrected chi connectivity index (χ0v) is 15.1. The maximum absolute atomic E-state index is 14.2. The van der Waals surface area contributed by atoms with Crippen LogP contribution in [0, 0.1) is 5.82 Å². The van der Waals surface area contributed by atoms with Gasteiger partial charge in [-0.25, -0.2) is 4.39 Å². The number of hydrogen-bond donors (Lipinski definition) is 1. The summed E-state index contributed by atoms with van der Waals surface area (Å²) in [6.45, 7) is 0. The first kappa shape index (κ1) is 17.8. The molecule has 1 aliphatic heterocycles. The number of aromatic nitrogens is 2. The average molecular weight is 397 g/mol. The van der Waals surface area contributed by atoms with E-state index >= 15 is 0 Å². The van der Waals surface area contributed by atoms with Crippen molar-refractivity contribution in [3.05, 3.63) is 41.7 Å². The predicted octanol–water partition coefficient (Wildman–Crippen LogP) is 3.40. The molecule has 142 valence electrons. The van der Waals surface area contributed by atoms with Crippen LogP contribution >= 0.6 is 0 Å². The minimum atomic E-state index is -3.72. The summed E-state index contributed by atoms with van der Waals surface area (Å²) in [6.07, 6.45) is -3.72. The Hall–Kier alpha value is -2.59. The van der Waals surface area contributed by atoms with Crippen molar-refractivity contribution in [2.45, 2.75) is 17.2 Å². The Labute approximate surface area is 155 Å². The number of imidazole rings is 1. The van der Waals surface area contributed by atoms with Crippen molar-refractivity contribution < 1.29 is 27.2 Å². The minimum Gasteiger partial charge on any atom is -0.609 e. The van der Waals surface area contributed by atoms with Crippen molar-refractivity contribution in [1.29, 1.82) is 0 Å². The van der Waals surface area contributed by atoms with Gasteiger partial charge in [0.1, 0.15) is 11.6 Å². The first-order valence-electron chi connectivity index (χ1n) is 7.86. The molecule has 2 heterocycles. The molecule has 0 saturated carbocycles. The molecule has 0 spiro atoms. The third-order valence-corrected chi connectivity index (χ3v) is 5.23. The molecule has 0 saturated heterocycles. The number of alkyl halides is 2. The summed E-state index contributed by atoms with van der Waals surface area (Å²) in [5, 5.41) is 0.105. The summed E-state index contributed by atoms with van der Waals surface area (Å²) in [4.78, 5) is 8.71. The third kappa shape index (κ3) is 3.26. The van der Waals surface area contributed by atoms with E-state index in [9.17, 15) is 17.7 Å². The third-order valence-electron chi connectivity index (χ3n) is 4.05. The molecule has 1 atom stereocenters. The monoisotopic (exact) mass is 397 g/mol. The van der Waals surface area contributed by atoms with Gasteiger partial charge in [0.05, 0.1) is 16.6 Å². The number of nitrogens with zero attached hydrogens (tertiary/aromatic N) is 2. The van der Waals surface area contributed by atoms with Crippen molar-refractivity contribution in [3.63, 3.8) is 0 Å². The molecule has 0 amide bonds. The maximum Gasteiger partial charge on any atom is 0.586 e. The fourth-order valence-corrected chi connectivity index (χ4v) is 3.96. The number of H-pyrrole nitrogens is 1. The van der Waals surface area contributed by atoms with Gasteiger partial charge < -0.3 is 18.9 Å². The van der Waals surface area contributed by atoms with E-state index in [4.69, 9.17) is 0 Å². The van der Waals surface area contributed by atoms with Crippen molar-refractivity contribution in [2.24, 2.45) is 0 Å². The number of rotatable bonds is 4. The molecule has 10 heteroatoms. The van der Waals surface area contributed by atoms with Crippen LogP contribution in [0.5, 0.6) is 11.5 Å². The van der Waals surface area contributed by atoms with Crippen molar-refractivity contribution >= 4 is 27.9 Å². The quantitative estimate of drug-likeness (QED) is 0.683. The van der Waals surface area contributed by atoms with Crippen LogP contribution in [0.2, 0.25) is 0 Å². The highest BCUT2D eigenvalue weighted by atomic mass is 32.2. The fraction of sp³-hybridized carbons (Fsp3) is 0.235. The number of halogens is 3. The molecular weight excluding hydrogens is 383 g/mol. The van der Waals surface area contributed by atoms with Crippen LogP contribution in [0.4, 0.5) is 18.9 Å². The topological polar surface area (TPSA) is 73.4 Å². The van der Waals surface area contributed by atoms with E-state index in [1.807, 2.05) is 0 Å². The number of fused-ring (bicyclic) bond motifs is 2. The Bertz CT molecular complexity index is 980. The summed E-state index contributed by atoms with van der Waals surface area (Å²) in [5.74, 6) is -0.850. The molecule has 4 rings (SSSR count). The van der Waals surface area contributed by atoms with Crippen LogP contribution in [0.1, 0.15) is 5.56 Å². The number of nitrogens with one attached hydrogen (secondary N) is 1. The standard InChI is InChI=1S/C17H14F3N3O3S/c1-23(2)13-5-3-4-10(18)9(13)8-27(24)16-21-11-6-14-15(7-12(11)22-16)26-17(19,20)25-14/h3-7H,8H2,1-2H3,(H,21,22). The van der Waals surface area contributed by atoms with Crippen molar-refractivity contribution in [3.8, 4) is 11.5 Å². The molecule has 0 aliphatic carbocycles. The van der Waals surface area contributed by atoms with Crippen molar-refractivity contribution in [2.75, 3.05) is 19.0 Å². The van der Waals surface area contributed by atoms with E-state index in [0.717, 1.165) is 0 Å². The number of anilines is 1. The number of hydrogen-bond acceptors (Lipinski definition) is 5. The highest BCUT2D eigenvalue weighted by molar-refractivity contribution is 7.90. The Morgan fingerprint density at radius 1 is 1.22 bits per heavy atom. The van der Waals surface area contributed by atoms with Gasteiger partial charge in [-0.1, -0.05) is 6.07 Å². The summed E-state index contributed by atoms with van der Waals surface area (Å²) < 4.78 is 62.0. The van der Waals surface area contributed by atoms with E-state index in [1.54, 1.807) is 31.1 Å². The molecule has 0 bridgehead atoms. The lowest BCUT2D eigenvalue weighted by atomic mass is 10.2. The molecule has 1 aromatic heterocycles. The molecule has 0 fully saturated rings. The van der Waals surface area contributed by atoms with Gasteiger partial charge in [0.2, 0.25) is 0 Å². The smallest absolute Gasteiger partial charge is 0.586 e. The van der Waals surface area contributed by atoms with Gasteiger partial charge in [-0.15, -0.1) is 8.78 Å². The van der Waals surface area contributed by atoms with Gasteiger partial charge in [-0.05, 0) is 12.1 Å². The Balaban J connectivity index is 1.64. The second-order valence-electron chi connectivity index (χ2n) is 6.15. The van der Waals surface area contributed by atoms with Gasteiger partial charge in [0, 0.05) is 43.1 Å². The Kier molecular flexibility index (Phi) is 4.11. The second kappa shape index (κ2) is 6.24. The molecule has 6 nitrogen and oxygen atoms in total. The molecule has 1 aliphatic rings. The number of benzene rings is 2. The van der Waals surface area contributed by atoms with E-state index in [-0.39, 0.29) is 22.4 Å². The highest BCUT2D eigenvalue weighted by Gasteiger charge is 2.43. The van der Waals surface area contributed by atoms with Gasteiger partial charge in [0.25, 0.3) is 0 Å². The van der Waals surface area contributed by atoms with Crippen LogP contribution in [0.15, 0.2) is 35.5 Å². The zero-order chi connectivity index (χ0) is 19.3. The normalized spacial score (nSPS) is 15.9. The van der Waals surface area contributed by atoms with Gasteiger partial charge in [-0.3, -0.25) is 4.98 Å². The van der Waals surface area contributed by atoms with E-state index in [0.29, 0.717) is 22.3 Å².